The van der Waals surface area contributed by atoms with E-state index in [0.29, 0.717) is 24.0 Å². The van der Waals surface area contributed by atoms with Crippen LogP contribution in [0.3, 0.4) is 0 Å². The van der Waals surface area contributed by atoms with E-state index in [0.717, 1.165) is 16.5 Å². The number of methoxy groups -OCH3 is 1. The number of ether oxygens (including phenoxy) is 4. The average Bonchev–Trinajstić information content (AvgIpc) is 3.96. The van der Waals surface area contributed by atoms with E-state index in [2.05, 4.69) is 36.9 Å². The number of unbranched alkanes of at least 4 members (excludes halogenated alkanes) is 1. The molecule has 4 aromatic rings. The van der Waals surface area contributed by atoms with Gasteiger partial charge >= 0.3 is 24.2 Å². The van der Waals surface area contributed by atoms with E-state index in [1.54, 1.807) is 78.1 Å². The third-order valence-corrected chi connectivity index (χ3v) is 11.6. The Morgan fingerprint density at radius 1 is 0.689 bits per heavy atom. The molecule has 5 rings (SSSR count). The summed E-state index contributed by atoms with van der Waals surface area (Å²) in [5.74, 6) is -3.61. The number of H-pyrrole nitrogens is 1. The van der Waals surface area contributed by atoms with Crippen LogP contribution in [0.4, 0.5) is 14.4 Å². The number of rotatable bonds is 22. The SMILES string of the molecule is COC(=O)[C@H](CCCCNC(=O)OC(C)(C)C)NC(=O)[C@@H](Cc1c[nH]c2ccccc12)NC(=O)[C@@H](NC(=O)[C@@H]1C[C@@H](OC(=O)NCCNC(=O)OC(C)(C)C)CN1C(=O)[C@@H](N)Cc1ccccc1)c1ccccc1. The van der Waals surface area contributed by atoms with Crippen LogP contribution in [0.2, 0.25) is 0 Å². The fourth-order valence-corrected chi connectivity index (χ4v) is 8.19. The van der Waals surface area contributed by atoms with Crippen molar-refractivity contribution in [3.8, 4) is 0 Å². The summed E-state index contributed by atoms with van der Waals surface area (Å²) in [6.07, 6.45) is -0.515. The molecule has 1 fully saturated rings. The van der Waals surface area contributed by atoms with Crippen LogP contribution in [-0.2, 0) is 55.8 Å². The van der Waals surface area contributed by atoms with Crippen molar-refractivity contribution in [3.05, 3.63) is 108 Å². The second kappa shape index (κ2) is 26.9. The molecule has 0 radical (unpaired) electrons. The van der Waals surface area contributed by atoms with Crippen LogP contribution in [0, 0.1) is 0 Å². The van der Waals surface area contributed by atoms with Gasteiger partial charge in [0.25, 0.3) is 0 Å². The molecule has 7 amide bonds. The summed E-state index contributed by atoms with van der Waals surface area (Å²) < 4.78 is 21.2. The van der Waals surface area contributed by atoms with Gasteiger partial charge in [-0.25, -0.2) is 19.2 Å². The largest absolute Gasteiger partial charge is 0.467 e. The Kier molecular flexibility index (Phi) is 20.8. The fourth-order valence-electron chi connectivity index (χ4n) is 8.19. The maximum absolute atomic E-state index is 14.8. The Balaban J connectivity index is 1.36. The Bertz CT molecular complexity index is 2540. The van der Waals surface area contributed by atoms with E-state index in [-0.39, 0.29) is 51.9 Å². The van der Waals surface area contributed by atoms with Gasteiger partial charge in [-0.2, -0.15) is 0 Å². The number of hydrogen-bond acceptors (Lipinski definition) is 13. The highest BCUT2D eigenvalue weighted by Crippen LogP contribution is 2.25. The lowest BCUT2D eigenvalue weighted by Gasteiger charge is -2.29. The fraction of sp³-hybridized carbons (Fsp3) is 0.472. The maximum atomic E-state index is 14.8. The van der Waals surface area contributed by atoms with Gasteiger partial charge in [0.05, 0.1) is 19.7 Å². The number of carbonyl (C=O) groups is 8. The van der Waals surface area contributed by atoms with Crippen molar-refractivity contribution in [3.63, 3.8) is 0 Å². The van der Waals surface area contributed by atoms with Crippen molar-refractivity contribution < 1.29 is 57.3 Å². The minimum absolute atomic E-state index is 0.0222. The summed E-state index contributed by atoms with van der Waals surface area (Å²) in [4.78, 5) is 113. The second-order valence-electron chi connectivity index (χ2n) is 19.9. The van der Waals surface area contributed by atoms with Crippen LogP contribution in [-0.4, -0.2) is 133 Å². The van der Waals surface area contributed by atoms with Crippen LogP contribution in [0.1, 0.15) is 90.0 Å². The van der Waals surface area contributed by atoms with Gasteiger partial charge in [-0.3, -0.25) is 19.2 Å². The summed E-state index contributed by atoms with van der Waals surface area (Å²) in [6.45, 7) is 10.4. The number of nitrogens with two attached hydrogens (primary N) is 1. The Morgan fingerprint density at radius 2 is 1.27 bits per heavy atom. The highest BCUT2D eigenvalue weighted by Gasteiger charge is 2.44. The zero-order valence-corrected chi connectivity index (χ0v) is 43.1. The summed E-state index contributed by atoms with van der Waals surface area (Å²) in [5.41, 5.74) is 7.65. The third kappa shape index (κ3) is 18.1. The van der Waals surface area contributed by atoms with E-state index in [1.807, 2.05) is 54.6 Å². The smallest absolute Gasteiger partial charge is 0.407 e. The molecule has 1 saturated heterocycles. The Morgan fingerprint density at radius 3 is 1.91 bits per heavy atom. The number of likely N-dealkylation sites (tertiary alicyclic amines) is 1. The molecule has 0 bridgehead atoms. The van der Waals surface area contributed by atoms with Gasteiger partial charge in [-0.1, -0.05) is 78.9 Å². The molecule has 21 heteroatoms. The first-order valence-corrected chi connectivity index (χ1v) is 24.7. The number of amides is 7. The molecular weight excluding hydrogens is 955 g/mol. The first kappa shape index (κ1) is 57.2. The highest BCUT2D eigenvalue weighted by atomic mass is 16.6. The van der Waals surface area contributed by atoms with Gasteiger partial charge in [0, 0.05) is 49.6 Å². The highest BCUT2D eigenvalue weighted by molar-refractivity contribution is 5.97. The molecule has 0 spiro atoms. The molecule has 0 aliphatic carbocycles. The Labute approximate surface area is 431 Å². The zero-order valence-electron chi connectivity index (χ0n) is 43.1. The van der Waals surface area contributed by atoms with Gasteiger partial charge in [0.1, 0.15) is 41.5 Å². The predicted molar refractivity (Wildman–Crippen MR) is 274 cm³/mol. The lowest BCUT2D eigenvalue weighted by molar-refractivity contribution is -0.145. The topological polar surface area (TPSA) is 291 Å². The molecule has 3 aromatic carbocycles. The molecule has 9 N–H and O–H groups in total. The number of hydrogen-bond donors (Lipinski definition) is 8. The summed E-state index contributed by atoms with van der Waals surface area (Å²) in [7, 11) is 1.19. The third-order valence-electron chi connectivity index (χ3n) is 11.6. The molecule has 1 aromatic heterocycles. The van der Waals surface area contributed by atoms with Crippen molar-refractivity contribution in [1.29, 1.82) is 0 Å². The number of alkyl carbamates (subject to hydrolysis) is 3. The van der Waals surface area contributed by atoms with E-state index in [4.69, 9.17) is 24.7 Å². The van der Waals surface area contributed by atoms with Gasteiger partial charge in [-0.15, -0.1) is 0 Å². The zero-order chi connectivity index (χ0) is 54.0. The minimum Gasteiger partial charge on any atom is -0.467 e. The van der Waals surface area contributed by atoms with Gasteiger partial charge in [0.2, 0.25) is 23.6 Å². The van der Waals surface area contributed by atoms with Gasteiger partial charge in [0.15, 0.2) is 0 Å². The van der Waals surface area contributed by atoms with Crippen LogP contribution in [0.25, 0.3) is 10.9 Å². The second-order valence-corrected chi connectivity index (χ2v) is 19.9. The summed E-state index contributed by atoms with van der Waals surface area (Å²) in [6, 6.07) is 18.5. The van der Waals surface area contributed by atoms with Crippen molar-refractivity contribution in [2.75, 3.05) is 33.3 Å². The van der Waals surface area contributed by atoms with Crippen molar-refractivity contribution >= 4 is 58.8 Å². The lowest BCUT2D eigenvalue weighted by Crippen LogP contribution is -2.56. The number of fused-ring (bicyclic) bond motifs is 1. The molecule has 1 aliphatic heterocycles. The standard InChI is InChI=1S/C53H71N9O12/c1-52(2,3)73-50(69)55-25-17-16-24-40(48(67)71-7)59-44(63)41(29-35-31-58-39-23-15-14-22-37(35)39)60-46(65)43(34-20-12-9-13-21-34)61-45(64)42-30-36(72-49(68)56-26-27-57-51(70)74-53(4,5)6)32-62(42)47(66)38(54)28-33-18-10-8-11-19-33/h8-15,18-23,31,36,38,40-43,58H,16-17,24-30,32,54H2,1-7H3,(H,55,69)(H,56,68)(H,57,70)(H,59,63)(H,60,65)(H,61,64)/t36-,38+,40+,41-,42+,43+/m1/s1. The van der Waals surface area contributed by atoms with Crippen molar-refractivity contribution in [2.24, 2.45) is 5.73 Å². The van der Waals surface area contributed by atoms with E-state index in [9.17, 15) is 38.4 Å². The first-order valence-electron chi connectivity index (χ1n) is 24.7. The van der Waals surface area contributed by atoms with E-state index in [1.165, 1.54) is 12.0 Å². The van der Waals surface area contributed by atoms with Gasteiger partial charge < -0.3 is 66.5 Å². The number of nitrogens with zero attached hydrogens (tertiary/aromatic N) is 1. The number of aromatic amines is 1. The van der Waals surface area contributed by atoms with E-state index < -0.39 is 95.4 Å². The molecule has 74 heavy (non-hydrogen) atoms. The van der Waals surface area contributed by atoms with E-state index >= 15 is 0 Å². The predicted octanol–water partition coefficient (Wildman–Crippen LogP) is 4.20. The molecule has 2 heterocycles. The quantitative estimate of drug-likeness (QED) is 0.0312. The van der Waals surface area contributed by atoms with Crippen molar-refractivity contribution in [2.45, 2.75) is 128 Å². The molecule has 400 valence electrons. The normalized spacial score (nSPS) is 16.1. The summed E-state index contributed by atoms with van der Waals surface area (Å²) in [5, 5.41) is 16.9. The molecule has 6 atom stereocenters. The maximum Gasteiger partial charge on any atom is 0.407 e. The molecule has 21 nitrogen and oxygen atoms in total. The Hall–Kier alpha value is -7.68. The minimum atomic E-state index is -1.44. The number of esters is 1. The monoisotopic (exact) mass is 1030 g/mol. The van der Waals surface area contributed by atoms with Crippen LogP contribution >= 0.6 is 0 Å². The molecular formula is C53H71N9O12. The van der Waals surface area contributed by atoms with Gasteiger partial charge in [-0.05, 0) is 90.0 Å². The summed E-state index contributed by atoms with van der Waals surface area (Å²) >= 11 is 0. The van der Waals surface area contributed by atoms with Crippen LogP contribution in [0.15, 0.2) is 91.1 Å². The molecule has 0 saturated carbocycles. The van der Waals surface area contributed by atoms with Crippen LogP contribution in [0.5, 0.6) is 0 Å². The number of nitrogens with one attached hydrogen (secondary N) is 7. The van der Waals surface area contributed by atoms with Crippen molar-refractivity contribution in [1.82, 2.24) is 41.8 Å². The molecule has 1 aliphatic rings. The number of para-hydroxylation sites is 1. The number of benzene rings is 3. The average molecular weight is 1030 g/mol. The number of aromatic nitrogens is 1. The number of carbonyl (C=O) groups excluding carboxylic acids is 8. The molecule has 0 unspecified atom stereocenters. The lowest BCUT2D eigenvalue weighted by atomic mass is 10.0. The first-order chi connectivity index (χ1) is 35.1. The van der Waals surface area contributed by atoms with Crippen LogP contribution < -0.4 is 37.6 Å².